The number of nitrogens with one attached hydrogen (secondary N) is 1. The number of hydrogen-bond acceptors (Lipinski definition) is 3. The van der Waals surface area contributed by atoms with Crippen LogP contribution in [0.3, 0.4) is 0 Å². The Kier molecular flexibility index (Phi) is 2.50. The molecule has 0 saturated heterocycles. The van der Waals surface area contributed by atoms with Crippen molar-refractivity contribution in [2.45, 2.75) is 4.90 Å². The maximum atomic E-state index is 11.6. The van der Waals surface area contributed by atoms with Crippen LogP contribution in [0.15, 0.2) is 27.6 Å². The molecule has 1 N–H and O–H groups in total. The van der Waals surface area contributed by atoms with Crippen molar-refractivity contribution >= 4 is 26.0 Å². The highest BCUT2D eigenvalue weighted by Gasteiger charge is 2.22. The monoisotopic (exact) mass is 277 g/mol. The lowest BCUT2D eigenvalue weighted by Crippen LogP contribution is -2.24. The fourth-order valence-corrected chi connectivity index (χ4v) is 2.92. The molecule has 2 rings (SSSR count). The van der Waals surface area contributed by atoms with Gasteiger partial charge in [0.15, 0.2) is 0 Å². The van der Waals surface area contributed by atoms with Crippen LogP contribution in [0.25, 0.3) is 0 Å². The summed E-state index contributed by atoms with van der Waals surface area (Å²) in [6.45, 7) is 0.655. The van der Waals surface area contributed by atoms with Crippen LogP contribution < -0.4 is 9.46 Å². The van der Waals surface area contributed by atoms with E-state index in [0.29, 0.717) is 23.4 Å². The molecule has 1 aliphatic rings. The molecule has 0 fully saturated rings. The fourth-order valence-electron chi connectivity index (χ4n) is 1.23. The molecule has 1 aromatic carbocycles. The number of sulfonamides is 1. The minimum atomic E-state index is -3.41. The molecule has 1 aromatic rings. The normalized spacial score (nSPS) is 19.2. The average molecular weight is 278 g/mol. The molecule has 0 saturated carbocycles. The fraction of sp³-hybridized carbons (Fsp3) is 0.250. The van der Waals surface area contributed by atoms with Gasteiger partial charge in [0.05, 0.1) is 0 Å². The first-order chi connectivity index (χ1) is 6.59. The maximum Gasteiger partial charge on any atom is 0.244 e. The van der Waals surface area contributed by atoms with Crippen LogP contribution in [0.5, 0.6) is 5.75 Å². The molecular weight excluding hydrogens is 270 g/mol. The Balaban J connectivity index is 2.64. The predicted octanol–water partition coefficient (Wildman–Crippen LogP) is 1.12. The first-order valence-corrected chi connectivity index (χ1v) is 6.29. The molecule has 0 bridgehead atoms. The molecule has 0 aliphatic carbocycles. The van der Waals surface area contributed by atoms with Crippen molar-refractivity contribution in [3.63, 3.8) is 0 Å². The van der Waals surface area contributed by atoms with Crippen molar-refractivity contribution in [2.24, 2.45) is 0 Å². The Labute approximate surface area is 90.4 Å². The van der Waals surface area contributed by atoms with Gasteiger partial charge in [-0.15, -0.1) is 0 Å². The van der Waals surface area contributed by atoms with Crippen LogP contribution in [0.2, 0.25) is 0 Å². The number of fused-ring (bicyclic) bond motifs is 1. The van der Waals surface area contributed by atoms with Gasteiger partial charge in [-0.05, 0) is 18.2 Å². The Bertz CT molecular complexity index is 458. The molecule has 0 atom stereocenters. The van der Waals surface area contributed by atoms with Crippen LogP contribution in [0.1, 0.15) is 0 Å². The maximum absolute atomic E-state index is 11.6. The lowest BCUT2D eigenvalue weighted by molar-refractivity contribution is 0.321. The van der Waals surface area contributed by atoms with E-state index in [2.05, 4.69) is 20.7 Å². The van der Waals surface area contributed by atoms with Gasteiger partial charge >= 0.3 is 0 Å². The van der Waals surface area contributed by atoms with Gasteiger partial charge in [0.2, 0.25) is 10.0 Å². The van der Waals surface area contributed by atoms with Gasteiger partial charge in [-0.2, -0.15) is 0 Å². The minimum Gasteiger partial charge on any atom is -0.491 e. The third kappa shape index (κ3) is 1.77. The number of hydrogen-bond donors (Lipinski definition) is 1. The van der Waals surface area contributed by atoms with Crippen molar-refractivity contribution in [1.29, 1.82) is 0 Å². The standard InChI is InChI=1S/C8H8BrNO3S/c9-6-1-2-7-8(5-6)14(11,12)10-3-4-13-7/h1-2,5,10H,3-4H2. The van der Waals surface area contributed by atoms with Gasteiger partial charge in [0.1, 0.15) is 17.3 Å². The van der Waals surface area contributed by atoms with Crippen LogP contribution in [0.4, 0.5) is 0 Å². The van der Waals surface area contributed by atoms with E-state index in [9.17, 15) is 8.42 Å². The van der Waals surface area contributed by atoms with E-state index in [-0.39, 0.29) is 4.90 Å². The predicted molar refractivity (Wildman–Crippen MR) is 54.8 cm³/mol. The summed E-state index contributed by atoms with van der Waals surface area (Å²) in [5.41, 5.74) is 0. The van der Waals surface area contributed by atoms with E-state index in [1.165, 1.54) is 6.07 Å². The first-order valence-electron chi connectivity index (χ1n) is 4.01. The highest BCUT2D eigenvalue weighted by atomic mass is 79.9. The highest BCUT2D eigenvalue weighted by Crippen LogP contribution is 2.28. The van der Waals surface area contributed by atoms with Gasteiger partial charge in [0, 0.05) is 11.0 Å². The molecule has 76 valence electrons. The lowest BCUT2D eigenvalue weighted by atomic mass is 10.3. The summed E-state index contributed by atoms with van der Waals surface area (Å²) in [7, 11) is -3.41. The largest absolute Gasteiger partial charge is 0.491 e. The molecule has 0 aromatic heterocycles. The summed E-state index contributed by atoms with van der Waals surface area (Å²) in [6, 6.07) is 4.92. The first kappa shape index (κ1) is 9.95. The van der Waals surface area contributed by atoms with Gasteiger partial charge < -0.3 is 4.74 Å². The van der Waals surface area contributed by atoms with Crippen LogP contribution in [-0.2, 0) is 10.0 Å². The number of ether oxygens (including phenoxy) is 1. The Morgan fingerprint density at radius 3 is 3.00 bits per heavy atom. The van der Waals surface area contributed by atoms with E-state index in [1.807, 2.05) is 0 Å². The quantitative estimate of drug-likeness (QED) is 0.773. The van der Waals surface area contributed by atoms with Gasteiger partial charge in [-0.1, -0.05) is 15.9 Å². The molecule has 1 heterocycles. The van der Waals surface area contributed by atoms with E-state index in [4.69, 9.17) is 4.74 Å². The second-order valence-corrected chi connectivity index (χ2v) is 5.49. The summed E-state index contributed by atoms with van der Waals surface area (Å²) in [6.07, 6.45) is 0. The summed E-state index contributed by atoms with van der Waals surface area (Å²) in [5, 5.41) is 0. The Morgan fingerprint density at radius 2 is 2.21 bits per heavy atom. The highest BCUT2D eigenvalue weighted by molar-refractivity contribution is 9.10. The van der Waals surface area contributed by atoms with Crippen LogP contribution in [0, 0.1) is 0 Å². The molecular formula is C8H8BrNO3S. The molecule has 0 radical (unpaired) electrons. The molecule has 6 heteroatoms. The second kappa shape index (κ2) is 3.52. The van der Waals surface area contributed by atoms with Crippen molar-refractivity contribution in [3.8, 4) is 5.75 Å². The average Bonchev–Trinajstić information content (AvgIpc) is 2.26. The van der Waals surface area contributed by atoms with E-state index in [1.54, 1.807) is 12.1 Å². The van der Waals surface area contributed by atoms with Gasteiger partial charge in [-0.3, -0.25) is 0 Å². The number of rotatable bonds is 0. The molecule has 1 aliphatic heterocycles. The third-order valence-electron chi connectivity index (χ3n) is 1.85. The SMILES string of the molecule is O=S1(=O)NCCOc2ccc(Br)cc21. The number of benzene rings is 1. The zero-order valence-corrected chi connectivity index (χ0v) is 9.56. The zero-order chi connectivity index (χ0) is 10.2. The summed E-state index contributed by atoms with van der Waals surface area (Å²) in [5.74, 6) is 0.401. The lowest BCUT2D eigenvalue weighted by Gasteiger charge is -2.05. The van der Waals surface area contributed by atoms with Crippen molar-refractivity contribution in [3.05, 3.63) is 22.7 Å². The molecule has 0 unspecified atom stereocenters. The topological polar surface area (TPSA) is 55.4 Å². The van der Waals surface area contributed by atoms with Crippen LogP contribution >= 0.6 is 15.9 Å². The van der Waals surface area contributed by atoms with Crippen molar-refractivity contribution in [1.82, 2.24) is 4.72 Å². The molecule has 14 heavy (non-hydrogen) atoms. The third-order valence-corrected chi connectivity index (χ3v) is 3.82. The minimum absolute atomic E-state index is 0.185. The summed E-state index contributed by atoms with van der Waals surface area (Å²) >= 11 is 3.22. The molecule has 0 amide bonds. The second-order valence-electron chi connectivity index (χ2n) is 2.84. The zero-order valence-electron chi connectivity index (χ0n) is 7.16. The summed E-state index contributed by atoms with van der Waals surface area (Å²) < 4.78 is 31.7. The Hall–Kier alpha value is -0.590. The van der Waals surface area contributed by atoms with E-state index < -0.39 is 10.0 Å². The summed E-state index contributed by atoms with van der Waals surface area (Å²) in [4.78, 5) is 0.185. The number of halogens is 1. The smallest absolute Gasteiger partial charge is 0.244 e. The van der Waals surface area contributed by atoms with Gasteiger partial charge in [-0.25, -0.2) is 13.1 Å². The van der Waals surface area contributed by atoms with E-state index in [0.717, 1.165) is 0 Å². The molecule has 4 nitrogen and oxygen atoms in total. The van der Waals surface area contributed by atoms with Crippen molar-refractivity contribution in [2.75, 3.05) is 13.2 Å². The molecule has 0 spiro atoms. The Morgan fingerprint density at radius 1 is 1.43 bits per heavy atom. The van der Waals surface area contributed by atoms with Gasteiger partial charge in [0.25, 0.3) is 0 Å². The van der Waals surface area contributed by atoms with Crippen molar-refractivity contribution < 1.29 is 13.2 Å². The van der Waals surface area contributed by atoms with Crippen LogP contribution in [-0.4, -0.2) is 21.6 Å². The van der Waals surface area contributed by atoms with E-state index >= 15 is 0 Å².